The molecule has 0 fully saturated rings. The number of carbonyl (C=O) groups is 1. The maximum absolute atomic E-state index is 16.1. The van der Waals surface area contributed by atoms with E-state index in [-0.39, 0.29) is 33.7 Å². The number of halogens is 1. The number of hydrogen-bond donors (Lipinski definition) is 0. The second-order valence-corrected chi connectivity index (χ2v) is 16.6. The molecule has 13 heteroatoms. The molecule has 0 saturated carbocycles. The summed E-state index contributed by atoms with van der Waals surface area (Å²) in [6.45, 7) is 13.3. The van der Waals surface area contributed by atoms with E-state index in [1.165, 1.54) is 26.4 Å². The predicted octanol–water partition coefficient (Wildman–Crippen LogP) is 7.63. The zero-order chi connectivity index (χ0) is 31.8. The smallest absolute Gasteiger partial charge is 0.434 e. The van der Waals surface area contributed by atoms with Crippen molar-refractivity contribution >= 4 is 42.6 Å². The van der Waals surface area contributed by atoms with Gasteiger partial charge in [-0.25, -0.2) is 14.2 Å². The number of rotatable bonds is 11. The SMILES string of the molecule is COC(=O)N=C(SC)C(=Nc1ccc(-c2noc(C)n2)cc1)c1cc(OC)cc(OCCCO[Si](C)(C)C(C)(C)C)c1F. The highest BCUT2D eigenvalue weighted by molar-refractivity contribution is 8.15. The largest absolute Gasteiger partial charge is 0.497 e. The molecular weight excluding hydrogens is 592 g/mol. The molecule has 0 unspecified atom stereocenters. The van der Waals surface area contributed by atoms with Gasteiger partial charge in [0.2, 0.25) is 11.7 Å². The third-order valence-electron chi connectivity index (χ3n) is 6.98. The van der Waals surface area contributed by atoms with Crippen molar-refractivity contribution in [1.29, 1.82) is 0 Å². The number of ether oxygens (including phenoxy) is 3. The van der Waals surface area contributed by atoms with Crippen LogP contribution in [0, 0.1) is 12.7 Å². The van der Waals surface area contributed by atoms with E-state index in [1.807, 2.05) is 0 Å². The first-order valence-corrected chi connectivity index (χ1v) is 17.8. The van der Waals surface area contributed by atoms with E-state index >= 15 is 4.39 Å². The van der Waals surface area contributed by atoms with Crippen molar-refractivity contribution in [3.05, 3.63) is 53.7 Å². The van der Waals surface area contributed by atoms with E-state index in [0.29, 0.717) is 41.7 Å². The molecule has 3 rings (SSSR count). The monoisotopic (exact) mass is 630 g/mol. The summed E-state index contributed by atoms with van der Waals surface area (Å²) in [6, 6.07) is 9.92. The Hall–Kier alpha value is -3.55. The lowest BCUT2D eigenvalue weighted by atomic mass is 10.1. The third-order valence-corrected chi connectivity index (χ3v) is 12.2. The third kappa shape index (κ3) is 8.97. The summed E-state index contributed by atoms with van der Waals surface area (Å²) in [5, 5.41) is 4.16. The fraction of sp³-hybridized carbons (Fsp3) is 0.433. The van der Waals surface area contributed by atoms with E-state index in [0.717, 1.165) is 11.8 Å². The molecule has 2 aromatic carbocycles. The number of aromatic nitrogens is 2. The van der Waals surface area contributed by atoms with Crippen molar-refractivity contribution in [1.82, 2.24) is 10.1 Å². The lowest BCUT2D eigenvalue weighted by Gasteiger charge is -2.36. The molecule has 0 bridgehead atoms. The summed E-state index contributed by atoms with van der Waals surface area (Å²) in [6.07, 6.45) is 1.43. The number of aliphatic imine (C=N–C) groups is 2. The summed E-state index contributed by atoms with van der Waals surface area (Å²) in [4.78, 5) is 25.1. The zero-order valence-corrected chi connectivity index (χ0v) is 27.9. The Morgan fingerprint density at radius 3 is 2.37 bits per heavy atom. The lowest BCUT2D eigenvalue weighted by Crippen LogP contribution is -2.41. The van der Waals surface area contributed by atoms with Crippen LogP contribution in [-0.2, 0) is 9.16 Å². The molecule has 0 N–H and O–H groups in total. The van der Waals surface area contributed by atoms with Gasteiger partial charge in [-0.05, 0) is 54.7 Å². The molecule has 0 aliphatic heterocycles. The number of amides is 1. The van der Waals surface area contributed by atoms with Crippen molar-refractivity contribution in [2.75, 3.05) is 33.7 Å². The number of benzene rings is 2. The minimum absolute atomic E-state index is 0.0179. The normalized spacial score (nSPS) is 12.8. The summed E-state index contributed by atoms with van der Waals surface area (Å²) in [5.41, 5.74) is 1.33. The fourth-order valence-electron chi connectivity index (χ4n) is 3.53. The maximum atomic E-state index is 16.1. The lowest BCUT2D eigenvalue weighted by molar-refractivity contribution is 0.183. The van der Waals surface area contributed by atoms with Crippen LogP contribution in [-0.4, -0.2) is 69.0 Å². The number of methoxy groups -OCH3 is 2. The van der Waals surface area contributed by atoms with Crippen LogP contribution in [0.25, 0.3) is 11.4 Å². The number of aryl methyl sites for hydroxylation is 1. The van der Waals surface area contributed by atoms with E-state index in [9.17, 15) is 4.79 Å². The average Bonchev–Trinajstić information content (AvgIpc) is 3.41. The molecule has 0 aliphatic rings. The zero-order valence-electron chi connectivity index (χ0n) is 26.1. The van der Waals surface area contributed by atoms with Crippen LogP contribution in [0.5, 0.6) is 11.5 Å². The molecule has 0 spiro atoms. The van der Waals surface area contributed by atoms with Gasteiger partial charge in [-0.1, -0.05) is 25.9 Å². The second-order valence-electron chi connectivity index (χ2n) is 11.0. The van der Waals surface area contributed by atoms with Crippen molar-refractivity contribution < 1.29 is 32.3 Å². The van der Waals surface area contributed by atoms with Gasteiger partial charge in [0.25, 0.3) is 0 Å². The number of thioether (sulfide) groups is 1. The van der Waals surface area contributed by atoms with E-state index in [2.05, 4.69) is 49.0 Å². The Balaban J connectivity index is 1.97. The molecule has 43 heavy (non-hydrogen) atoms. The quantitative estimate of drug-likeness (QED) is 0.0912. The van der Waals surface area contributed by atoms with Crippen LogP contribution >= 0.6 is 11.8 Å². The van der Waals surface area contributed by atoms with Crippen molar-refractivity contribution in [2.24, 2.45) is 9.98 Å². The maximum Gasteiger partial charge on any atom is 0.434 e. The summed E-state index contributed by atoms with van der Waals surface area (Å²) < 4.78 is 43.4. The van der Waals surface area contributed by atoms with Crippen LogP contribution in [0.1, 0.15) is 38.6 Å². The first kappa shape index (κ1) is 33.9. The average molecular weight is 631 g/mol. The van der Waals surface area contributed by atoms with Gasteiger partial charge < -0.3 is 23.2 Å². The predicted molar refractivity (Wildman–Crippen MR) is 170 cm³/mol. The molecule has 1 aromatic heterocycles. The molecule has 1 heterocycles. The minimum atomic E-state index is -1.91. The molecular formula is C30H39FN4O6SSi. The molecule has 0 saturated heterocycles. The van der Waals surface area contributed by atoms with Gasteiger partial charge in [0, 0.05) is 37.1 Å². The highest BCUT2D eigenvalue weighted by Crippen LogP contribution is 2.36. The molecule has 0 atom stereocenters. The Bertz CT molecular complexity index is 1470. The molecule has 3 aromatic rings. The Morgan fingerprint density at radius 2 is 1.81 bits per heavy atom. The highest BCUT2D eigenvalue weighted by Gasteiger charge is 2.36. The van der Waals surface area contributed by atoms with Crippen LogP contribution in [0.4, 0.5) is 14.9 Å². The fourth-order valence-corrected chi connectivity index (χ4v) is 5.13. The number of carbonyl (C=O) groups excluding carboxylic acids is 1. The molecule has 232 valence electrons. The van der Waals surface area contributed by atoms with Gasteiger partial charge in [0.05, 0.1) is 26.5 Å². The highest BCUT2D eigenvalue weighted by atomic mass is 32.2. The Kier molecular flexibility index (Phi) is 11.6. The Morgan fingerprint density at radius 1 is 1.12 bits per heavy atom. The molecule has 0 aliphatic carbocycles. The second kappa shape index (κ2) is 14.8. The van der Waals surface area contributed by atoms with E-state index in [4.69, 9.17) is 28.2 Å². The molecule has 1 amide bonds. The van der Waals surface area contributed by atoms with Gasteiger partial charge in [0.15, 0.2) is 19.9 Å². The van der Waals surface area contributed by atoms with E-state index in [1.54, 1.807) is 37.4 Å². The summed E-state index contributed by atoms with van der Waals surface area (Å²) in [7, 11) is 0.781. The summed E-state index contributed by atoms with van der Waals surface area (Å²) >= 11 is 1.12. The standard InChI is InChI=1S/C30H39FN4O6SSi/c1-19-32-27(35-41-19)20-11-13-21(14-12-20)33-26(28(42-7)34-29(36)38-6)23-17-22(37-5)18-24(25(23)31)39-15-10-16-40-43(8,9)30(2,3)4/h11-14,17-18H,10,15-16H2,1-9H3. The van der Waals surface area contributed by atoms with E-state index < -0.39 is 20.2 Å². The first-order valence-electron chi connectivity index (χ1n) is 13.6. The van der Waals surface area contributed by atoms with Gasteiger partial charge >= 0.3 is 6.09 Å². The number of hydrogen-bond acceptors (Lipinski definition) is 10. The Labute approximate surface area is 257 Å². The van der Waals surface area contributed by atoms with Gasteiger partial charge in [-0.15, -0.1) is 11.8 Å². The number of nitrogens with zero attached hydrogens (tertiary/aromatic N) is 4. The van der Waals surface area contributed by atoms with Crippen LogP contribution in [0.3, 0.4) is 0 Å². The summed E-state index contributed by atoms with van der Waals surface area (Å²) in [5.74, 6) is 0.530. The van der Waals surface area contributed by atoms with Crippen molar-refractivity contribution in [2.45, 2.75) is 52.2 Å². The van der Waals surface area contributed by atoms with Gasteiger partial charge in [-0.2, -0.15) is 9.98 Å². The van der Waals surface area contributed by atoms with Gasteiger partial charge in [0.1, 0.15) is 16.5 Å². The minimum Gasteiger partial charge on any atom is -0.497 e. The van der Waals surface area contributed by atoms with Crippen molar-refractivity contribution in [3.63, 3.8) is 0 Å². The molecule has 10 nitrogen and oxygen atoms in total. The van der Waals surface area contributed by atoms with Crippen LogP contribution in [0.15, 0.2) is 50.9 Å². The van der Waals surface area contributed by atoms with Crippen molar-refractivity contribution in [3.8, 4) is 22.9 Å². The van der Waals surface area contributed by atoms with Gasteiger partial charge in [-0.3, -0.25) is 0 Å². The first-order chi connectivity index (χ1) is 20.3. The topological polar surface area (TPSA) is 118 Å². The molecule has 0 radical (unpaired) electrons. The van der Waals surface area contributed by atoms with Crippen LogP contribution < -0.4 is 9.47 Å². The van der Waals surface area contributed by atoms with Crippen LogP contribution in [0.2, 0.25) is 18.1 Å².